The lowest BCUT2D eigenvalue weighted by molar-refractivity contribution is -0.129. The predicted octanol–water partition coefficient (Wildman–Crippen LogP) is 4.38. The highest BCUT2D eigenvalue weighted by Crippen LogP contribution is 2.37. The lowest BCUT2D eigenvalue weighted by atomic mass is 10.1. The number of carbonyl (C=O) groups is 1. The molecule has 1 aliphatic rings. The van der Waals surface area contributed by atoms with E-state index < -0.39 is 0 Å². The molecule has 1 atom stereocenters. The molecule has 5 nitrogen and oxygen atoms in total. The molecule has 0 bridgehead atoms. The summed E-state index contributed by atoms with van der Waals surface area (Å²) in [5.41, 5.74) is 1.84. The second kappa shape index (κ2) is 8.15. The molecule has 2 aromatic carbocycles. The monoisotopic (exact) mass is 398 g/mol. The fraction of sp³-hybridized carbons (Fsp3) is 0.250. The zero-order valence-electron chi connectivity index (χ0n) is 14.7. The Bertz CT molecular complexity index is 924. The fourth-order valence-corrected chi connectivity index (χ4v) is 4.50. The molecule has 0 spiro atoms. The second-order valence-corrected chi connectivity index (χ2v) is 7.91. The zero-order valence-corrected chi connectivity index (χ0v) is 16.2. The molecule has 0 radical (unpaired) electrons. The molecule has 1 aliphatic heterocycles. The van der Waals surface area contributed by atoms with Crippen molar-refractivity contribution in [1.82, 2.24) is 19.7 Å². The van der Waals surface area contributed by atoms with Crippen LogP contribution in [0.1, 0.15) is 23.7 Å². The molecule has 7 heteroatoms. The summed E-state index contributed by atoms with van der Waals surface area (Å²) in [4.78, 5) is 15.1. The molecule has 138 valence electrons. The van der Waals surface area contributed by atoms with Crippen LogP contribution in [0.4, 0.5) is 0 Å². The third-order valence-corrected chi connectivity index (χ3v) is 6.00. The van der Waals surface area contributed by atoms with Crippen LogP contribution >= 0.6 is 23.4 Å². The average Bonchev–Trinajstić information content (AvgIpc) is 3.38. The van der Waals surface area contributed by atoms with Crippen LogP contribution in [-0.2, 0) is 4.79 Å². The van der Waals surface area contributed by atoms with Gasteiger partial charge < -0.3 is 4.90 Å². The van der Waals surface area contributed by atoms with Gasteiger partial charge in [0.25, 0.3) is 0 Å². The Morgan fingerprint density at radius 2 is 1.85 bits per heavy atom. The highest BCUT2D eigenvalue weighted by Gasteiger charge is 2.30. The molecule has 1 fully saturated rings. The van der Waals surface area contributed by atoms with Crippen molar-refractivity contribution in [2.45, 2.75) is 23.2 Å². The van der Waals surface area contributed by atoms with E-state index in [2.05, 4.69) is 10.2 Å². The molecule has 1 saturated heterocycles. The molecule has 4 rings (SSSR count). The number of thioether (sulfide) groups is 1. The summed E-state index contributed by atoms with van der Waals surface area (Å²) in [6.45, 7) is 1.65. The van der Waals surface area contributed by atoms with Gasteiger partial charge in [-0.15, -0.1) is 10.2 Å². The Hall–Kier alpha value is -2.31. The summed E-state index contributed by atoms with van der Waals surface area (Å²) in [5.74, 6) is 0.129. The smallest absolute Gasteiger partial charge is 0.240 e. The first kappa shape index (κ1) is 18.1. The number of hydrogen-bond acceptors (Lipinski definition) is 4. The highest BCUT2D eigenvalue weighted by molar-refractivity contribution is 8.00. The SMILES string of the molecule is O=C([C@H](Sc1nncn1-c1cccc(Cl)c1)c1ccccc1)N1CCCC1. The Morgan fingerprint density at radius 1 is 1.07 bits per heavy atom. The number of hydrogen-bond donors (Lipinski definition) is 0. The lowest BCUT2D eigenvalue weighted by Crippen LogP contribution is -2.31. The minimum atomic E-state index is -0.355. The van der Waals surface area contributed by atoms with E-state index in [0.717, 1.165) is 37.2 Å². The summed E-state index contributed by atoms with van der Waals surface area (Å²) in [5, 5.41) is 9.27. The van der Waals surface area contributed by atoms with Crippen molar-refractivity contribution in [1.29, 1.82) is 0 Å². The van der Waals surface area contributed by atoms with Crippen molar-refractivity contribution in [2.75, 3.05) is 13.1 Å². The molecule has 2 heterocycles. The van der Waals surface area contributed by atoms with Crippen LogP contribution in [0.25, 0.3) is 5.69 Å². The number of rotatable bonds is 5. The first-order valence-electron chi connectivity index (χ1n) is 8.89. The van der Waals surface area contributed by atoms with Gasteiger partial charge in [-0.05, 0) is 36.6 Å². The highest BCUT2D eigenvalue weighted by atomic mass is 35.5. The predicted molar refractivity (Wildman–Crippen MR) is 107 cm³/mol. The van der Waals surface area contributed by atoms with Crippen molar-refractivity contribution < 1.29 is 4.79 Å². The van der Waals surface area contributed by atoms with E-state index in [4.69, 9.17) is 11.6 Å². The first-order chi connectivity index (χ1) is 13.2. The van der Waals surface area contributed by atoms with Gasteiger partial charge in [-0.25, -0.2) is 0 Å². The van der Waals surface area contributed by atoms with E-state index in [1.165, 1.54) is 11.8 Å². The summed E-state index contributed by atoms with van der Waals surface area (Å²) < 4.78 is 1.86. The number of amides is 1. The Morgan fingerprint density at radius 3 is 2.59 bits per heavy atom. The molecular formula is C20H19ClN4OS. The average molecular weight is 399 g/mol. The molecular weight excluding hydrogens is 380 g/mol. The number of aromatic nitrogens is 3. The van der Waals surface area contributed by atoms with Crippen molar-refractivity contribution >= 4 is 29.3 Å². The van der Waals surface area contributed by atoms with Crippen LogP contribution in [0.15, 0.2) is 66.1 Å². The standard InChI is InChI=1S/C20H19ClN4OS/c21-16-9-6-10-17(13-16)25-14-22-23-20(25)27-18(15-7-2-1-3-8-15)19(26)24-11-4-5-12-24/h1-3,6-10,13-14,18H,4-5,11-12H2/t18-/m1/s1. The van der Waals surface area contributed by atoms with Crippen molar-refractivity contribution in [2.24, 2.45) is 0 Å². The molecule has 3 aromatic rings. The summed E-state index contributed by atoms with van der Waals surface area (Å²) in [6, 6.07) is 17.4. The van der Waals surface area contributed by atoms with Gasteiger partial charge in [-0.3, -0.25) is 9.36 Å². The van der Waals surface area contributed by atoms with Crippen molar-refractivity contribution in [3.05, 3.63) is 71.5 Å². The van der Waals surface area contributed by atoms with Gasteiger partial charge >= 0.3 is 0 Å². The number of carbonyl (C=O) groups excluding carboxylic acids is 1. The van der Waals surface area contributed by atoms with Crippen LogP contribution in [0.3, 0.4) is 0 Å². The lowest BCUT2D eigenvalue weighted by Gasteiger charge is -2.23. The van der Waals surface area contributed by atoms with E-state index in [1.807, 2.05) is 64.1 Å². The molecule has 0 aliphatic carbocycles. The number of nitrogens with zero attached hydrogens (tertiary/aromatic N) is 4. The molecule has 1 aromatic heterocycles. The molecule has 1 amide bonds. The number of likely N-dealkylation sites (tertiary alicyclic amines) is 1. The number of benzene rings is 2. The van der Waals surface area contributed by atoms with E-state index in [-0.39, 0.29) is 11.2 Å². The minimum Gasteiger partial charge on any atom is -0.341 e. The molecule has 27 heavy (non-hydrogen) atoms. The van der Waals surface area contributed by atoms with Gasteiger partial charge in [0.2, 0.25) is 5.91 Å². The Balaban J connectivity index is 1.67. The summed E-state index contributed by atoms with van der Waals surface area (Å²) in [6.07, 6.45) is 3.78. The maximum Gasteiger partial charge on any atom is 0.240 e. The van der Waals surface area contributed by atoms with Crippen molar-refractivity contribution in [3.63, 3.8) is 0 Å². The summed E-state index contributed by atoms with van der Waals surface area (Å²) in [7, 11) is 0. The van der Waals surface area contributed by atoms with E-state index in [9.17, 15) is 4.79 Å². The Labute approximate surface area is 167 Å². The van der Waals surface area contributed by atoms with E-state index in [0.29, 0.717) is 10.2 Å². The van der Waals surface area contributed by atoms with Crippen LogP contribution in [0.5, 0.6) is 0 Å². The minimum absolute atomic E-state index is 0.129. The van der Waals surface area contributed by atoms with Gasteiger partial charge in [0.15, 0.2) is 5.16 Å². The molecule has 0 unspecified atom stereocenters. The van der Waals surface area contributed by atoms with Crippen LogP contribution in [-0.4, -0.2) is 38.7 Å². The first-order valence-corrected chi connectivity index (χ1v) is 10.1. The van der Waals surface area contributed by atoms with Gasteiger partial charge in [0.05, 0.1) is 5.69 Å². The van der Waals surface area contributed by atoms with Crippen LogP contribution in [0.2, 0.25) is 5.02 Å². The maximum atomic E-state index is 13.2. The molecule has 0 N–H and O–H groups in total. The normalized spacial score (nSPS) is 15.1. The third-order valence-electron chi connectivity index (χ3n) is 4.57. The number of halogens is 1. The second-order valence-electron chi connectivity index (χ2n) is 6.40. The van der Waals surface area contributed by atoms with E-state index >= 15 is 0 Å². The summed E-state index contributed by atoms with van der Waals surface area (Å²) >= 11 is 7.56. The van der Waals surface area contributed by atoms with Crippen molar-refractivity contribution in [3.8, 4) is 5.69 Å². The van der Waals surface area contributed by atoms with Gasteiger partial charge in [0, 0.05) is 18.1 Å². The zero-order chi connectivity index (χ0) is 18.6. The maximum absolute atomic E-state index is 13.2. The topological polar surface area (TPSA) is 51.0 Å². The van der Waals surface area contributed by atoms with Crippen LogP contribution in [0, 0.1) is 0 Å². The van der Waals surface area contributed by atoms with Gasteiger partial charge in [-0.1, -0.05) is 59.8 Å². The largest absolute Gasteiger partial charge is 0.341 e. The fourth-order valence-electron chi connectivity index (χ4n) is 3.21. The van der Waals surface area contributed by atoms with E-state index in [1.54, 1.807) is 6.33 Å². The van der Waals surface area contributed by atoms with Gasteiger partial charge in [-0.2, -0.15) is 0 Å². The van der Waals surface area contributed by atoms with Crippen LogP contribution < -0.4 is 0 Å². The third kappa shape index (κ3) is 4.01. The quantitative estimate of drug-likeness (QED) is 0.598. The van der Waals surface area contributed by atoms with Gasteiger partial charge in [0.1, 0.15) is 11.6 Å². The Kier molecular flexibility index (Phi) is 5.45. The molecule has 0 saturated carbocycles.